The molecule has 0 aliphatic carbocycles. The van der Waals surface area contributed by atoms with Crippen molar-refractivity contribution >= 4 is 15.9 Å². The number of carbonyl (C=O) groups is 1. The summed E-state index contributed by atoms with van der Waals surface area (Å²) in [5.74, 6) is -1.22. The molecule has 0 atom stereocenters. The molecule has 0 radical (unpaired) electrons. The first kappa shape index (κ1) is 22.1. The first-order valence-electron chi connectivity index (χ1n) is 10.1. The summed E-state index contributed by atoms with van der Waals surface area (Å²) in [6.07, 6.45) is 0. The number of hydrogen-bond donors (Lipinski definition) is 0. The van der Waals surface area contributed by atoms with Gasteiger partial charge in [0.15, 0.2) is 0 Å². The summed E-state index contributed by atoms with van der Waals surface area (Å²) < 4.78 is 55.2. The summed E-state index contributed by atoms with van der Waals surface area (Å²) in [7, 11) is -3.84. The third-order valence-corrected chi connectivity index (χ3v) is 7.43. The van der Waals surface area contributed by atoms with Gasteiger partial charge in [0, 0.05) is 26.2 Å². The lowest BCUT2D eigenvalue weighted by atomic mass is 10.1. The molecule has 1 aliphatic rings. The Labute approximate surface area is 184 Å². The van der Waals surface area contributed by atoms with Gasteiger partial charge in [0.05, 0.1) is 27.5 Å². The molecular weight excluding hydrogens is 438 g/mol. The second-order valence-corrected chi connectivity index (χ2v) is 9.53. The highest BCUT2D eigenvalue weighted by Gasteiger charge is 2.32. The van der Waals surface area contributed by atoms with Crippen molar-refractivity contribution < 1.29 is 22.0 Å². The zero-order valence-corrected chi connectivity index (χ0v) is 18.4. The molecule has 2 heterocycles. The van der Waals surface area contributed by atoms with Crippen LogP contribution in [-0.4, -0.2) is 59.5 Å². The third kappa shape index (κ3) is 4.03. The van der Waals surface area contributed by atoms with E-state index in [1.165, 1.54) is 34.6 Å². The first-order chi connectivity index (χ1) is 15.2. The lowest BCUT2D eigenvalue weighted by molar-refractivity contribution is 0.0696. The van der Waals surface area contributed by atoms with Crippen molar-refractivity contribution in [3.8, 4) is 5.69 Å². The topological polar surface area (TPSA) is 75.5 Å². The molecule has 1 aromatic heterocycles. The van der Waals surface area contributed by atoms with E-state index in [0.29, 0.717) is 22.6 Å². The molecule has 168 valence electrons. The molecule has 2 aromatic carbocycles. The van der Waals surface area contributed by atoms with Gasteiger partial charge in [-0.3, -0.25) is 4.79 Å². The summed E-state index contributed by atoms with van der Waals surface area (Å²) >= 11 is 0. The number of sulfonamides is 1. The molecule has 0 unspecified atom stereocenters. The molecule has 0 saturated carbocycles. The number of halogens is 2. The van der Waals surface area contributed by atoms with Crippen molar-refractivity contribution in [1.29, 1.82) is 0 Å². The van der Waals surface area contributed by atoms with E-state index in [1.54, 1.807) is 35.6 Å². The van der Waals surface area contributed by atoms with Crippen LogP contribution in [0, 0.1) is 25.5 Å². The number of aromatic nitrogens is 2. The first-order valence-corrected chi connectivity index (χ1v) is 11.5. The Morgan fingerprint density at radius 1 is 0.938 bits per heavy atom. The monoisotopic (exact) mass is 460 g/mol. The maximum atomic E-state index is 13.5. The van der Waals surface area contributed by atoms with Gasteiger partial charge in [-0.25, -0.2) is 21.9 Å². The number of piperazine rings is 1. The standard InChI is InChI=1S/C22H22F2N4O3S/c1-15-21(16(2)28(25-15)19-8-6-17(23)7-9-19)22(29)26-10-12-27(13-11-26)32(30,31)20-5-3-4-18(24)14-20/h3-9,14H,10-13H2,1-2H3. The van der Waals surface area contributed by atoms with E-state index in [9.17, 15) is 22.0 Å². The number of nitrogens with zero attached hydrogens (tertiary/aromatic N) is 4. The van der Waals surface area contributed by atoms with Gasteiger partial charge in [-0.15, -0.1) is 0 Å². The quantitative estimate of drug-likeness (QED) is 0.600. The third-order valence-electron chi connectivity index (χ3n) is 5.54. The fraction of sp³-hybridized carbons (Fsp3) is 0.273. The Morgan fingerprint density at radius 2 is 1.59 bits per heavy atom. The minimum Gasteiger partial charge on any atom is -0.336 e. The second kappa shape index (κ2) is 8.44. The van der Waals surface area contributed by atoms with Crippen LogP contribution in [0.1, 0.15) is 21.7 Å². The van der Waals surface area contributed by atoms with Crippen LogP contribution in [0.4, 0.5) is 8.78 Å². The van der Waals surface area contributed by atoms with Gasteiger partial charge in [0.2, 0.25) is 10.0 Å². The van der Waals surface area contributed by atoms with E-state index in [4.69, 9.17) is 0 Å². The Balaban J connectivity index is 1.51. The van der Waals surface area contributed by atoms with Crippen LogP contribution in [-0.2, 0) is 10.0 Å². The van der Waals surface area contributed by atoms with Gasteiger partial charge < -0.3 is 4.90 Å². The van der Waals surface area contributed by atoms with Gasteiger partial charge in [-0.1, -0.05) is 6.07 Å². The molecule has 0 bridgehead atoms. The van der Waals surface area contributed by atoms with Crippen LogP contribution in [0.25, 0.3) is 5.69 Å². The minimum absolute atomic E-state index is 0.106. The SMILES string of the molecule is Cc1nn(-c2ccc(F)cc2)c(C)c1C(=O)N1CCN(S(=O)(=O)c2cccc(F)c2)CC1. The second-order valence-electron chi connectivity index (χ2n) is 7.59. The van der Waals surface area contributed by atoms with E-state index in [1.807, 2.05) is 0 Å². The summed E-state index contributed by atoms with van der Waals surface area (Å²) in [5.41, 5.74) is 2.23. The molecule has 7 nitrogen and oxygen atoms in total. The summed E-state index contributed by atoms with van der Waals surface area (Å²) in [6.45, 7) is 4.11. The van der Waals surface area contributed by atoms with Crippen LogP contribution in [0.5, 0.6) is 0 Å². The van der Waals surface area contributed by atoms with Crippen molar-refractivity contribution in [3.05, 3.63) is 77.1 Å². The number of amides is 1. The number of rotatable bonds is 4. The van der Waals surface area contributed by atoms with Crippen LogP contribution >= 0.6 is 0 Å². The fourth-order valence-corrected chi connectivity index (χ4v) is 5.31. The van der Waals surface area contributed by atoms with E-state index in [0.717, 1.165) is 6.07 Å². The molecule has 4 rings (SSSR count). The molecule has 10 heteroatoms. The molecule has 32 heavy (non-hydrogen) atoms. The number of aryl methyl sites for hydroxylation is 1. The van der Waals surface area contributed by atoms with Crippen molar-refractivity contribution in [3.63, 3.8) is 0 Å². The van der Waals surface area contributed by atoms with Crippen LogP contribution in [0.2, 0.25) is 0 Å². The van der Waals surface area contributed by atoms with Gasteiger partial charge in [0.25, 0.3) is 5.91 Å². The fourth-order valence-electron chi connectivity index (χ4n) is 3.85. The minimum atomic E-state index is -3.84. The zero-order chi connectivity index (χ0) is 23.0. The maximum absolute atomic E-state index is 13.5. The number of carbonyl (C=O) groups excluding carboxylic acids is 1. The van der Waals surface area contributed by atoms with E-state index in [-0.39, 0.29) is 42.8 Å². The highest BCUT2D eigenvalue weighted by molar-refractivity contribution is 7.89. The van der Waals surface area contributed by atoms with Crippen LogP contribution in [0.15, 0.2) is 53.4 Å². The van der Waals surface area contributed by atoms with Crippen LogP contribution < -0.4 is 0 Å². The average Bonchev–Trinajstić information content (AvgIpc) is 3.07. The lowest BCUT2D eigenvalue weighted by Crippen LogP contribution is -2.50. The van der Waals surface area contributed by atoms with Gasteiger partial charge in [-0.2, -0.15) is 9.40 Å². The summed E-state index contributed by atoms with van der Waals surface area (Å²) in [5, 5.41) is 4.43. The lowest BCUT2D eigenvalue weighted by Gasteiger charge is -2.34. The highest BCUT2D eigenvalue weighted by atomic mass is 32.2. The van der Waals surface area contributed by atoms with E-state index >= 15 is 0 Å². The van der Waals surface area contributed by atoms with Gasteiger partial charge in [-0.05, 0) is 56.3 Å². The normalized spacial score (nSPS) is 15.2. The summed E-state index contributed by atoms with van der Waals surface area (Å²) in [6, 6.07) is 10.7. The molecule has 1 fully saturated rings. The maximum Gasteiger partial charge on any atom is 0.257 e. The van der Waals surface area contributed by atoms with Crippen molar-refractivity contribution in [2.24, 2.45) is 0 Å². The smallest absolute Gasteiger partial charge is 0.257 e. The van der Waals surface area contributed by atoms with Crippen LogP contribution in [0.3, 0.4) is 0 Å². The van der Waals surface area contributed by atoms with Crippen molar-refractivity contribution in [2.45, 2.75) is 18.7 Å². The highest BCUT2D eigenvalue weighted by Crippen LogP contribution is 2.23. The van der Waals surface area contributed by atoms with Crippen molar-refractivity contribution in [1.82, 2.24) is 19.0 Å². The Kier molecular flexibility index (Phi) is 5.83. The van der Waals surface area contributed by atoms with E-state index in [2.05, 4.69) is 5.10 Å². The molecule has 0 N–H and O–H groups in total. The molecule has 0 spiro atoms. The zero-order valence-electron chi connectivity index (χ0n) is 17.6. The Bertz CT molecular complexity index is 1260. The van der Waals surface area contributed by atoms with E-state index < -0.39 is 15.8 Å². The molecule has 3 aromatic rings. The van der Waals surface area contributed by atoms with Gasteiger partial charge >= 0.3 is 0 Å². The molecule has 1 aliphatic heterocycles. The Morgan fingerprint density at radius 3 is 2.22 bits per heavy atom. The van der Waals surface area contributed by atoms with Gasteiger partial charge in [0.1, 0.15) is 11.6 Å². The molecular formula is C22H22F2N4O3S. The number of hydrogen-bond acceptors (Lipinski definition) is 4. The summed E-state index contributed by atoms with van der Waals surface area (Å²) in [4.78, 5) is 14.7. The largest absolute Gasteiger partial charge is 0.336 e. The molecule has 1 amide bonds. The Hall–Kier alpha value is -3.11. The molecule has 1 saturated heterocycles. The number of benzene rings is 2. The predicted molar refractivity (Wildman–Crippen MR) is 114 cm³/mol. The predicted octanol–water partition coefficient (Wildman–Crippen LogP) is 2.91. The average molecular weight is 461 g/mol. The van der Waals surface area contributed by atoms with Crippen molar-refractivity contribution in [2.75, 3.05) is 26.2 Å².